The molecule has 5 aromatic carbocycles. The smallest absolute Gasteiger partial charge is 0.149 e. The molecule has 0 aliphatic rings. The number of anilines is 6. The first-order valence-corrected chi connectivity index (χ1v) is 15.9. The van der Waals surface area contributed by atoms with E-state index < -0.39 is 0 Å². The zero-order chi connectivity index (χ0) is 30.4. The van der Waals surface area contributed by atoms with Gasteiger partial charge in [-0.3, -0.25) is 0 Å². The lowest BCUT2D eigenvalue weighted by Crippen LogP contribution is -2.14. The van der Waals surface area contributed by atoms with Crippen molar-refractivity contribution in [2.75, 3.05) is 9.80 Å². The highest BCUT2D eigenvalue weighted by atomic mass is 19.1. The number of unbranched alkanes of at least 4 members (excludes halogenated alkanes) is 2. The summed E-state index contributed by atoms with van der Waals surface area (Å²) in [6, 6.07) is 42.9. The Balaban J connectivity index is 0.00000207. The van der Waals surface area contributed by atoms with Crippen molar-refractivity contribution in [3.8, 4) is 0 Å². The van der Waals surface area contributed by atoms with E-state index in [9.17, 15) is 0 Å². The second-order valence-corrected chi connectivity index (χ2v) is 10.5. The normalized spacial score (nSPS) is 10.5. The molecule has 0 N–H and O–H groups in total. The Morgan fingerprint density at radius 1 is 0.465 bits per heavy atom. The maximum atomic E-state index is 16.2. The Morgan fingerprint density at radius 2 is 0.860 bits per heavy atom. The van der Waals surface area contributed by atoms with Crippen LogP contribution in [0.5, 0.6) is 0 Å². The molecular formula is C40H45FN2. The van der Waals surface area contributed by atoms with E-state index in [0.717, 1.165) is 47.7 Å². The molecule has 0 fully saturated rings. The number of benzene rings is 5. The summed E-state index contributed by atoms with van der Waals surface area (Å²) in [6.45, 7) is 8.42. The summed E-state index contributed by atoms with van der Waals surface area (Å²) in [6.07, 6.45) is 6.80. The van der Waals surface area contributed by atoms with Crippen molar-refractivity contribution >= 4 is 34.1 Å². The van der Waals surface area contributed by atoms with Crippen molar-refractivity contribution in [1.82, 2.24) is 0 Å². The van der Waals surface area contributed by atoms with Crippen LogP contribution in [0.2, 0.25) is 0 Å². The van der Waals surface area contributed by atoms with Crippen LogP contribution in [-0.4, -0.2) is 0 Å². The van der Waals surface area contributed by atoms with Crippen molar-refractivity contribution in [1.29, 1.82) is 0 Å². The fourth-order valence-electron chi connectivity index (χ4n) is 5.23. The van der Waals surface area contributed by atoms with E-state index in [-0.39, 0.29) is 5.82 Å². The van der Waals surface area contributed by atoms with Gasteiger partial charge in [-0.05, 0) is 97.5 Å². The van der Waals surface area contributed by atoms with Gasteiger partial charge in [-0.1, -0.05) is 101 Å². The number of hydrogen-bond acceptors (Lipinski definition) is 2. The Morgan fingerprint density at radius 3 is 1.30 bits per heavy atom. The molecule has 43 heavy (non-hydrogen) atoms. The molecular weight excluding hydrogens is 527 g/mol. The lowest BCUT2D eigenvalue weighted by Gasteiger charge is -2.29. The maximum absolute atomic E-state index is 16.2. The average Bonchev–Trinajstić information content (AvgIpc) is 3.07. The zero-order valence-electron chi connectivity index (χ0n) is 26.1. The van der Waals surface area contributed by atoms with Gasteiger partial charge in [0.2, 0.25) is 0 Å². The van der Waals surface area contributed by atoms with Crippen LogP contribution in [0.3, 0.4) is 0 Å². The van der Waals surface area contributed by atoms with Crippen LogP contribution in [-0.2, 0) is 12.8 Å². The summed E-state index contributed by atoms with van der Waals surface area (Å²) in [5.74, 6) is -0.276. The van der Waals surface area contributed by atoms with Crippen LogP contribution in [0, 0.1) is 5.82 Å². The highest BCUT2D eigenvalue weighted by Gasteiger charge is 2.19. The summed E-state index contributed by atoms with van der Waals surface area (Å²) in [7, 11) is 0. The van der Waals surface area contributed by atoms with Crippen molar-refractivity contribution in [3.63, 3.8) is 0 Å². The molecule has 0 heterocycles. The Bertz CT molecular complexity index is 1500. The Hall–Kier alpha value is -4.37. The largest absolute Gasteiger partial charge is 0.310 e. The number of para-hydroxylation sites is 2. The molecule has 0 spiro atoms. The molecule has 222 valence electrons. The lowest BCUT2D eigenvalue weighted by molar-refractivity contribution is 0.629. The third kappa shape index (κ3) is 8.14. The van der Waals surface area contributed by atoms with Gasteiger partial charge in [0.1, 0.15) is 5.82 Å². The minimum atomic E-state index is -0.276. The Labute approximate surface area is 258 Å². The SMILES string of the molecule is CC.CCCCc1ccc(N(c2ccccc2)c2ccc(N(c3ccccc3)c3ccc(CCCC)cc3)c(F)c2)cc1. The standard InChI is InChI=1S/C38H39FN2.C2H6/c1-3-5-13-30-19-23-34(24-20-30)40(32-15-9-7-10-16-32)36-27-28-38(37(39)29-36)41(33-17-11-8-12-18-33)35-25-21-31(22-26-35)14-6-4-2;1-2/h7-12,15-29H,3-6,13-14H2,1-2H3;1-2H3. The molecule has 2 nitrogen and oxygen atoms in total. The van der Waals surface area contributed by atoms with Crippen molar-refractivity contribution in [2.24, 2.45) is 0 Å². The molecule has 0 aliphatic heterocycles. The summed E-state index contributed by atoms with van der Waals surface area (Å²) in [4.78, 5) is 4.12. The van der Waals surface area contributed by atoms with Crippen molar-refractivity contribution in [3.05, 3.63) is 144 Å². The van der Waals surface area contributed by atoms with Crippen LogP contribution in [0.15, 0.2) is 127 Å². The van der Waals surface area contributed by atoms with Crippen molar-refractivity contribution < 1.29 is 4.39 Å². The topological polar surface area (TPSA) is 6.48 Å². The third-order valence-corrected chi connectivity index (χ3v) is 7.49. The molecule has 0 aliphatic carbocycles. The molecule has 0 unspecified atom stereocenters. The molecule has 5 aromatic rings. The highest BCUT2D eigenvalue weighted by molar-refractivity contribution is 5.81. The summed E-state index contributed by atoms with van der Waals surface area (Å²) in [5, 5.41) is 0. The number of rotatable bonds is 12. The van der Waals surface area contributed by atoms with Crippen LogP contribution in [0.1, 0.15) is 64.5 Å². The first kappa shape index (κ1) is 31.6. The fraction of sp³-hybridized carbons (Fsp3) is 0.250. The molecule has 0 saturated carbocycles. The highest BCUT2D eigenvalue weighted by Crippen LogP contribution is 2.40. The second-order valence-electron chi connectivity index (χ2n) is 10.5. The van der Waals surface area contributed by atoms with Crippen LogP contribution in [0.4, 0.5) is 38.5 Å². The number of aryl methyl sites for hydroxylation is 2. The maximum Gasteiger partial charge on any atom is 0.149 e. The third-order valence-electron chi connectivity index (χ3n) is 7.49. The van der Waals surface area contributed by atoms with Crippen LogP contribution < -0.4 is 9.80 Å². The van der Waals surface area contributed by atoms with E-state index in [2.05, 4.69) is 79.4 Å². The summed E-state index contributed by atoms with van der Waals surface area (Å²) >= 11 is 0. The molecule has 0 aromatic heterocycles. The van der Waals surface area contributed by atoms with Crippen molar-refractivity contribution in [2.45, 2.75) is 66.2 Å². The van der Waals surface area contributed by atoms with Gasteiger partial charge in [0, 0.05) is 34.5 Å². The monoisotopic (exact) mass is 572 g/mol. The lowest BCUT2D eigenvalue weighted by atomic mass is 10.1. The molecule has 0 radical (unpaired) electrons. The van der Waals surface area contributed by atoms with Gasteiger partial charge in [0.15, 0.2) is 0 Å². The van der Waals surface area contributed by atoms with E-state index in [1.54, 1.807) is 6.07 Å². The first-order chi connectivity index (χ1) is 21.2. The van der Waals surface area contributed by atoms with E-state index >= 15 is 4.39 Å². The predicted octanol–water partition coefficient (Wildman–Crippen LogP) is 12.5. The molecule has 0 amide bonds. The van der Waals surface area contributed by atoms with E-state index in [4.69, 9.17) is 0 Å². The van der Waals surface area contributed by atoms with Gasteiger partial charge >= 0.3 is 0 Å². The molecule has 0 bridgehead atoms. The quantitative estimate of drug-likeness (QED) is 0.147. The van der Waals surface area contributed by atoms with Gasteiger partial charge < -0.3 is 9.80 Å². The van der Waals surface area contributed by atoms with Gasteiger partial charge in [-0.2, -0.15) is 0 Å². The number of hydrogen-bond donors (Lipinski definition) is 0. The summed E-state index contributed by atoms with van der Waals surface area (Å²) in [5.41, 5.74) is 7.78. The molecule has 5 rings (SSSR count). The zero-order valence-corrected chi connectivity index (χ0v) is 26.1. The Kier molecular flexibility index (Phi) is 12.0. The fourth-order valence-corrected chi connectivity index (χ4v) is 5.23. The molecule has 0 saturated heterocycles. The van der Waals surface area contributed by atoms with Gasteiger partial charge in [0.25, 0.3) is 0 Å². The van der Waals surface area contributed by atoms with Gasteiger partial charge in [-0.25, -0.2) is 4.39 Å². The average molecular weight is 573 g/mol. The predicted molar refractivity (Wildman–Crippen MR) is 184 cm³/mol. The van der Waals surface area contributed by atoms with E-state index in [1.807, 2.05) is 79.4 Å². The number of halogens is 1. The summed E-state index contributed by atoms with van der Waals surface area (Å²) < 4.78 is 16.2. The molecule has 0 atom stereocenters. The van der Waals surface area contributed by atoms with Gasteiger partial charge in [0.05, 0.1) is 5.69 Å². The second kappa shape index (κ2) is 16.3. The minimum absolute atomic E-state index is 0.276. The minimum Gasteiger partial charge on any atom is -0.310 e. The van der Waals surface area contributed by atoms with E-state index in [1.165, 1.54) is 30.4 Å². The van der Waals surface area contributed by atoms with E-state index in [0.29, 0.717) is 5.69 Å². The first-order valence-electron chi connectivity index (χ1n) is 15.9. The molecule has 3 heteroatoms. The van der Waals surface area contributed by atoms with Crippen LogP contribution >= 0.6 is 0 Å². The number of nitrogens with zero attached hydrogens (tertiary/aromatic N) is 2. The van der Waals surface area contributed by atoms with Gasteiger partial charge in [-0.15, -0.1) is 0 Å². The van der Waals surface area contributed by atoms with Crippen LogP contribution in [0.25, 0.3) is 0 Å².